The summed E-state index contributed by atoms with van der Waals surface area (Å²) in [5.74, 6) is 1.51. The molecule has 6 nitrogen and oxygen atoms in total. The van der Waals surface area contributed by atoms with Crippen LogP contribution in [0.2, 0.25) is 0 Å². The van der Waals surface area contributed by atoms with Gasteiger partial charge in [0.25, 0.3) is 0 Å². The molecule has 4 rings (SSSR count). The van der Waals surface area contributed by atoms with Crippen molar-refractivity contribution in [1.29, 1.82) is 0 Å². The molecule has 0 spiro atoms. The van der Waals surface area contributed by atoms with Gasteiger partial charge in [-0.25, -0.2) is 9.98 Å². The van der Waals surface area contributed by atoms with Crippen molar-refractivity contribution in [1.82, 2.24) is 15.3 Å². The lowest BCUT2D eigenvalue weighted by Gasteiger charge is -2.28. The van der Waals surface area contributed by atoms with E-state index in [-0.39, 0.29) is 0 Å². The molecule has 0 radical (unpaired) electrons. The molecule has 1 aliphatic heterocycles. The number of aromatic nitrogens is 2. The highest BCUT2D eigenvalue weighted by molar-refractivity contribution is 5.97. The van der Waals surface area contributed by atoms with Gasteiger partial charge in [-0.05, 0) is 37.6 Å². The molecule has 1 unspecified atom stereocenters. The Morgan fingerprint density at radius 2 is 1.96 bits per heavy atom. The molecule has 1 atom stereocenters. The lowest BCUT2D eigenvalue weighted by Crippen LogP contribution is -2.45. The molecule has 0 aliphatic carbocycles. The monoisotopic (exact) mass is 346 g/mol. The van der Waals surface area contributed by atoms with Gasteiger partial charge in [-0.2, -0.15) is 0 Å². The van der Waals surface area contributed by atoms with Crippen LogP contribution in [0.15, 0.2) is 65.3 Å². The van der Waals surface area contributed by atoms with Crippen molar-refractivity contribution in [3.8, 4) is 11.4 Å². The Hall–Kier alpha value is -3.12. The standard InChI is InChI=1S/C20H22N6/c1-3-20(21)12-13(2)22-19(26-20)23-15-9-10-16-17(11-15)25-18(24-16)14-7-5-4-6-8-14/h4-12H,3,21H2,1-2H3,(H,24,25)(H2,22,23,26). The smallest absolute Gasteiger partial charge is 0.202 e. The molecule has 0 saturated carbocycles. The van der Waals surface area contributed by atoms with Gasteiger partial charge >= 0.3 is 0 Å². The van der Waals surface area contributed by atoms with E-state index in [2.05, 4.69) is 25.6 Å². The fraction of sp³-hybridized carbons (Fsp3) is 0.200. The molecule has 0 fully saturated rings. The first-order valence-corrected chi connectivity index (χ1v) is 8.72. The molecule has 1 aliphatic rings. The molecular formula is C20H22N6. The second kappa shape index (κ2) is 6.31. The summed E-state index contributed by atoms with van der Waals surface area (Å²) in [6, 6.07) is 16.1. The molecule has 26 heavy (non-hydrogen) atoms. The van der Waals surface area contributed by atoms with E-state index in [0.29, 0.717) is 5.96 Å². The first-order valence-electron chi connectivity index (χ1n) is 8.72. The Morgan fingerprint density at radius 1 is 1.15 bits per heavy atom. The summed E-state index contributed by atoms with van der Waals surface area (Å²) in [5, 5.41) is 6.54. The third-order valence-corrected chi connectivity index (χ3v) is 4.46. The summed E-state index contributed by atoms with van der Waals surface area (Å²) in [5.41, 5.74) is 10.5. The van der Waals surface area contributed by atoms with Crippen molar-refractivity contribution in [3.63, 3.8) is 0 Å². The van der Waals surface area contributed by atoms with Crippen LogP contribution in [0.1, 0.15) is 20.3 Å². The van der Waals surface area contributed by atoms with Crippen LogP contribution in [-0.4, -0.2) is 21.6 Å². The lowest BCUT2D eigenvalue weighted by molar-refractivity contribution is 0.521. The Bertz CT molecular complexity index is 1000. The van der Waals surface area contributed by atoms with E-state index in [1.807, 2.05) is 68.5 Å². The maximum atomic E-state index is 6.29. The highest BCUT2D eigenvalue weighted by Gasteiger charge is 2.24. The zero-order chi connectivity index (χ0) is 18.1. The highest BCUT2D eigenvalue weighted by Crippen LogP contribution is 2.23. The van der Waals surface area contributed by atoms with Crippen molar-refractivity contribution in [2.75, 3.05) is 5.32 Å². The van der Waals surface area contributed by atoms with Gasteiger partial charge in [0.15, 0.2) is 0 Å². The quantitative estimate of drug-likeness (QED) is 0.583. The highest BCUT2D eigenvalue weighted by atomic mass is 15.2. The van der Waals surface area contributed by atoms with Crippen molar-refractivity contribution in [2.45, 2.75) is 25.9 Å². The number of nitrogens with two attached hydrogens (primary N) is 1. The van der Waals surface area contributed by atoms with Gasteiger partial charge in [0, 0.05) is 16.9 Å². The predicted octanol–water partition coefficient (Wildman–Crippen LogP) is 3.57. The largest absolute Gasteiger partial charge is 0.338 e. The number of H-pyrrole nitrogens is 1. The predicted molar refractivity (Wildman–Crippen MR) is 107 cm³/mol. The van der Waals surface area contributed by atoms with Gasteiger partial charge in [0.2, 0.25) is 5.96 Å². The minimum Gasteiger partial charge on any atom is -0.338 e. The minimum atomic E-state index is -0.670. The van der Waals surface area contributed by atoms with Crippen LogP contribution in [0.25, 0.3) is 22.4 Å². The average Bonchev–Trinajstić information content (AvgIpc) is 3.05. The average molecular weight is 346 g/mol. The fourth-order valence-electron chi connectivity index (χ4n) is 3.06. The summed E-state index contributed by atoms with van der Waals surface area (Å²) in [6.45, 7) is 4.01. The molecule has 3 aromatic rings. The van der Waals surface area contributed by atoms with Crippen LogP contribution in [0.5, 0.6) is 0 Å². The fourth-order valence-corrected chi connectivity index (χ4v) is 3.06. The van der Waals surface area contributed by atoms with E-state index in [0.717, 1.165) is 40.2 Å². The number of fused-ring (bicyclic) bond motifs is 1. The summed E-state index contributed by atoms with van der Waals surface area (Å²) >= 11 is 0. The van der Waals surface area contributed by atoms with Gasteiger partial charge < -0.3 is 21.4 Å². The minimum absolute atomic E-state index is 0.650. The van der Waals surface area contributed by atoms with E-state index in [4.69, 9.17) is 5.73 Å². The number of nitrogens with one attached hydrogen (secondary N) is 3. The number of aromatic amines is 1. The van der Waals surface area contributed by atoms with Gasteiger partial charge in [-0.15, -0.1) is 0 Å². The third-order valence-electron chi connectivity index (χ3n) is 4.46. The number of benzene rings is 2. The molecule has 2 heterocycles. The van der Waals surface area contributed by atoms with E-state index in [1.165, 1.54) is 0 Å². The number of allylic oxidation sites excluding steroid dienone is 1. The second-order valence-electron chi connectivity index (χ2n) is 6.57. The molecule has 0 bridgehead atoms. The zero-order valence-electron chi connectivity index (χ0n) is 14.9. The number of rotatable bonds is 3. The lowest BCUT2D eigenvalue weighted by atomic mass is 10.1. The third kappa shape index (κ3) is 3.19. The first-order chi connectivity index (χ1) is 12.5. The number of imidazole rings is 1. The van der Waals surface area contributed by atoms with E-state index in [1.54, 1.807) is 0 Å². The van der Waals surface area contributed by atoms with Gasteiger partial charge in [0.1, 0.15) is 11.5 Å². The normalized spacial score (nSPS) is 19.7. The van der Waals surface area contributed by atoms with Gasteiger partial charge in [-0.3, -0.25) is 0 Å². The molecule has 1 aromatic heterocycles. The molecule has 2 aromatic carbocycles. The molecular weight excluding hydrogens is 324 g/mol. The topological polar surface area (TPSA) is 91.1 Å². The Balaban J connectivity index is 1.62. The number of aliphatic imine (C=N–C) groups is 1. The molecule has 0 amide bonds. The second-order valence-corrected chi connectivity index (χ2v) is 6.57. The van der Waals surface area contributed by atoms with Gasteiger partial charge in [-0.1, -0.05) is 37.3 Å². The maximum absolute atomic E-state index is 6.29. The van der Waals surface area contributed by atoms with Crippen molar-refractivity contribution in [3.05, 3.63) is 60.3 Å². The maximum Gasteiger partial charge on any atom is 0.202 e. The van der Waals surface area contributed by atoms with Crippen LogP contribution in [0.4, 0.5) is 5.69 Å². The first kappa shape index (κ1) is 16.4. The molecule has 6 heteroatoms. The summed E-state index contributed by atoms with van der Waals surface area (Å²) in [4.78, 5) is 12.6. The zero-order valence-corrected chi connectivity index (χ0v) is 14.9. The Morgan fingerprint density at radius 3 is 2.73 bits per heavy atom. The van der Waals surface area contributed by atoms with Crippen LogP contribution in [-0.2, 0) is 0 Å². The SMILES string of the molecule is CCC1(N)C=C(C)NC(Nc2ccc3nc(-c4ccccc4)[nH]c3c2)=N1. The number of guanidine groups is 1. The number of hydrogen-bond donors (Lipinski definition) is 4. The van der Waals surface area contributed by atoms with E-state index in [9.17, 15) is 0 Å². The summed E-state index contributed by atoms with van der Waals surface area (Å²) in [7, 11) is 0. The number of anilines is 1. The molecule has 0 saturated heterocycles. The van der Waals surface area contributed by atoms with Crippen LogP contribution in [0.3, 0.4) is 0 Å². The number of hydrogen-bond acceptors (Lipinski definition) is 5. The summed E-state index contributed by atoms with van der Waals surface area (Å²) < 4.78 is 0. The Kier molecular flexibility index (Phi) is 3.97. The van der Waals surface area contributed by atoms with Crippen molar-refractivity contribution < 1.29 is 0 Å². The van der Waals surface area contributed by atoms with Crippen LogP contribution in [0, 0.1) is 0 Å². The van der Waals surface area contributed by atoms with Crippen LogP contribution >= 0.6 is 0 Å². The van der Waals surface area contributed by atoms with E-state index >= 15 is 0 Å². The molecule has 132 valence electrons. The van der Waals surface area contributed by atoms with Crippen LogP contribution < -0.4 is 16.4 Å². The summed E-state index contributed by atoms with van der Waals surface area (Å²) in [6.07, 6.45) is 2.68. The van der Waals surface area contributed by atoms with Crippen molar-refractivity contribution in [2.24, 2.45) is 10.7 Å². The molecule has 5 N–H and O–H groups in total. The van der Waals surface area contributed by atoms with Crippen molar-refractivity contribution >= 4 is 22.7 Å². The Labute approximate surface area is 152 Å². The number of nitrogens with zero attached hydrogens (tertiary/aromatic N) is 2. The van der Waals surface area contributed by atoms with Gasteiger partial charge in [0.05, 0.1) is 11.0 Å². The van der Waals surface area contributed by atoms with E-state index < -0.39 is 5.66 Å².